The van der Waals surface area contributed by atoms with Crippen molar-refractivity contribution in [3.8, 4) is 0 Å². The first-order valence-corrected chi connectivity index (χ1v) is 28.0. The fraction of sp³-hybridized carbons (Fsp3) is 0.541. The van der Waals surface area contributed by atoms with Gasteiger partial charge in [0.15, 0.2) is 0 Å². The number of nitrogens with zero attached hydrogens (tertiary/aromatic N) is 4. The molecule has 0 bridgehead atoms. The van der Waals surface area contributed by atoms with Crippen LogP contribution < -0.4 is 37.2 Å². The second kappa shape index (κ2) is 62.1. The van der Waals surface area contributed by atoms with Crippen LogP contribution in [-0.2, 0) is 0 Å². The number of rotatable bonds is 0. The zero-order valence-electron chi connectivity index (χ0n) is 44.8. The number of dihydropyridines is 2. The molecule has 7 aliphatic heterocycles. The molecule has 7 N–H and O–H groups in total. The van der Waals surface area contributed by atoms with Crippen LogP contribution >= 0.6 is 0 Å². The molecular formula is C61H101N11. The van der Waals surface area contributed by atoms with Gasteiger partial charge in [-0.05, 0) is 203 Å². The fourth-order valence-corrected chi connectivity index (χ4v) is 7.13. The Morgan fingerprint density at radius 3 is 0.458 bits per heavy atom. The molecule has 4 aromatic heterocycles. The van der Waals surface area contributed by atoms with Crippen LogP contribution in [0.4, 0.5) is 0 Å². The maximum absolute atomic E-state index is 3.78. The Kier molecular flexibility index (Phi) is 56.0. The van der Waals surface area contributed by atoms with Crippen LogP contribution in [0.25, 0.3) is 0 Å². The summed E-state index contributed by atoms with van der Waals surface area (Å²) in [5, 5.41) is 22.5. The summed E-state index contributed by atoms with van der Waals surface area (Å²) in [5.41, 5.74) is 0. The van der Waals surface area contributed by atoms with Crippen molar-refractivity contribution < 1.29 is 0 Å². The van der Waals surface area contributed by atoms with Gasteiger partial charge in [0.1, 0.15) is 0 Å². The largest absolute Gasteiger partial charge is 0.387 e. The van der Waals surface area contributed by atoms with Gasteiger partial charge in [0, 0.05) is 62.7 Å². The van der Waals surface area contributed by atoms with E-state index in [0.29, 0.717) is 0 Å². The van der Waals surface area contributed by atoms with Crippen molar-refractivity contribution in [2.24, 2.45) is 0 Å². The number of hydrogen-bond donors (Lipinski definition) is 7. The van der Waals surface area contributed by atoms with Gasteiger partial charge in [-0.15, -0.1) is 0 Å². The predicted molar refractivity (Wildman–Crippen MR) is 311 cm³/mol. The fourth-order valence-electron chi connectivity index (χ4n) is 7.13. The lowest BCUT2D eigenvalue weighted by Crippen LogP contribution is -2.21. The van der Waals surface area contributed by atoms with E-state index in [1.54, 1.807) is 49.6 Å². The van der Waals surface area contributed by atoms with E-state index in [2.05, 4.69) is 69.3 Å². The van der Waals surface area contributed by atoms with Crippen molar-refractivity contribution in [1.29, 1.82) is 0 Å². The Morgan fingerprint density at radius 1 is 0.208 bits per heavy atom. The molecule has 5 saturated heterocycles. The summed E-state index contributed by atoms with van der Waals surface area (Å²) in [6, 6.07) is 22.9. The number of nitrogens with one attached hydrogen (secondary N) is 7. The third-order valence-electron chi connectivity index (χ3n) is 11.2. The molecule has 400 valence electrons. The van der Waals surface area contributed by atoms with E-state index in [1.807, 2.05) is 110 Å². The molecule has 8 aliphatic rings. The molecule has 12 rings (SSSR count). The van der Waals surface area contributed by atoms with Gasteiger partial charge in [0.25, 0.3) is 0 Å². The van der Waals surface area contributed by atoms with Gasteiger partial charge in [-0.1, -0.05) is 119 Å². The highest BCUT2D eigenvalue weighted by Crippen LogP contribution is 2.15. The lowest BCUT2D eigenvalue weighted by atomic mass is 10.0. The molecule has 0 unspecified atom stereocenters. The van der Waals surface area contributed by atoms with Gasteiger partial charge in [-0.2, -0.15) is 0 Å². The highest BCUT2D eigenvalue weighted by molar-refractivity contribution is 5.07. The Labute approximate surface area is 440 Å². The summed E-state index contributed by atoms with van der Waals surface area (Å²) < 4.78 is 0. The minimum absolute atomic E-state index is 0.983. The highest BCUT2D eigenvalue weighted by Gasteiger charge is 1.97. The molecule has 0 spiro atoms. The molecule has 0 amide bonds. The van der Waals surface area contributed by atoms with E-state index in [-0.39, 0.29) is 0 Å². The van der Waals surface area contributed by atoms with E-state index in [9.17, 15) is 0 Å². The molecule has 0 aromatic carbocycles. The number of piperidine rings is 5. The summed E-state index contributed by atoms with van der Waals surface area (Å²) in [4.78, 5) is 15.1. The minimum Gasteiger partial charge on any atom is -0.387 e. The first-order valence-electron chi connectivity index (χ1n) is 28.0. The molecule has 11 heteroatoms. The van der Waals surface area contributed by atoms with Crippen molar-refractivity contribution in [2.45, 2.75) is 135 Å². The molecule has 1 aliphatic carbocycles. The molecule has 4 aromatic rings. The number of allylic oxidation sites excluding steroid dienone is 4. The highest BCUT2D eigenvalue weighted by atomic mass is 14.9. The Morgan fingerprint density at radius 2 is 0.403 bits per heavy atom. The monoisotopic (exact) mass is 988 g/mol. The third-order valence-corrected chi connectivity index (χ3v) is 11.2. The standard InChI is InChI=1S/C6H12.5C5H11N.2C5H7N.4C5H5N/c12*1-2-4-6-5-3-1/h1-6H2;5*6H,1-5H2;2*1-4,6H,5H2;4*1-5H. The zero-order chi connectivity index (χ0) is 50.9. The predicted octanol–water partition coefficient (Wildman–Crippen LogP) is 11.8. The van der Waals surface area contributed by atoms with Crippen molar-refractivity contribution in [2.75, 3.05) is 78.5 Å². The van der Waals surface area contributed by atoms with E-state index in [1.165, 1.54) is 200 Å². The van der Waals surface area contributed by atoms with Crippen LogP contribution in [0, 0.1) is 0 Å². The third kappa shape index (κ3) is 59.3. The molecule has 1 saturated carbocycles. The molecule has 72 heavy (non-hydrogen) atoms. The SMILES string of the molecule is C1=CCNC=C1.C1=CCNC=C1.C1CCCCC1.C1CCNCC1.C1CCNCC1.C1CCNCC1.C1CCNCC1.C1CCNCC1.c1ccncc1.c1ccncc1.c1ccncc1.c1ccncc1. The number of aromatic nitrogens is 4. The van der Waals surface area contributed by atoms with E-state index in [0.717, 1.165) is 13.1 Å². The van der Waals surface area contributed by atoms with Crippen LogP contribution in [0.1, 0.15) is 135 Å². The number of pyridine rings is 4. The van der Waals surface area contributed by atoms with Crippen molar-refractivity contribution in [1.82, 2.24) is 57.2 Å². The Hall–Kier alpha value is -5.04. The van der Waals surface area contributed by atoms with Crippen molar-refractivity contribution in [3.05, 3.63) is 171 Å². The average molecular weight is 989 g/mol. The lowest BCUT2D eigenvalue weighted by Gasteiger charge is -2.08. The first-order chi connectivity index (χ1) is 36.0. The summed E-state index contributed by atoms with van der Waals surface area (Å²) in [6.07, 6.45) is 60.1. The van der Waals surface area contributed by atoms with Crippen molar-refractivity contribution in [3.63, 3.8) is 0 Å². The van der Waals surface area contributed by atoms with Gasteiger partial charge in [0.2, 0.25) is 0 Å². The Balaban J connectivity index is 0.000000393. The molecule has 11 heterocycles. The first kappa shape index (κ1) is 65.0. The maximum atomic E-state index is 3.78. The van der Waals surface area contributed by atoms with Gasteiger partial charge < -0.3 is 37.2 Å². The summed E-state index contributed by atoms with van der Waals surface area (Å²) in [6.45, 7) is 14.5. The molecule has 0 atom stereocenters. The second-order valence-electron chi connectivity index (χ2n) is 17.7. The molecule has 0 radical (unpaired) electrons. The smallest absolute Gasteiger partial charge is 0.0328 e. The minimum atomic E-state index is 0.983. The van der Waals surface area contributed by atoms with Crippen LogP contribution in [0.3, 0.4) is 0 Å². The van der Waals surface area contributed by atoms with Crippen LogP contribution in [0.15, 0.2) is 171 Å². The Bertz CT molecular complexity index is 1160. The van der Waals surface area contributed by atoms with Gasteiger partial charge in [-0.3, -0.25) is 19.9 Å². The number of hydrogen-bond acceptors (Lipinski definition) is 11. The van der Waals surface area contributed by atoms with E-state index < -0.39 is 0 Å². The molecule has 6 fully saturated rings. The topological polar surface area (TPSA) is 136 Å². The lowest BCUT2D eigenvalue weighted by molar-refractivity contribution is 0.504. The van der Waals surface area contributed by atoms with Crippen molar-refractivity contribution >= 4 is 0 Å². The van der Waals surface area contributed by atoms with Gasteiger partial charge >= 0.3 is 0 Å². The van der Waals surface area contributed by atoms with Crippen LogP contribution in [-0.4, -0.2) is 98.5 Å². The van der Waals surface area contributed by atoms with Gasteiger partial charge in [0.05, 0.1) is 0 Å². The molecular weight excluding hydrogens is 887 g/mol. The summed E-state index contributed by atoms with van der Waals surface area (Å²) >= 11 is 0. The average Bonchev–Trinajstić information content (AvgIpc) is 3.54. The zero-order valence-corrected chi connectivity index (χ0v) is 44.8. The van der Waals surface area contributed by atoms with E-state index in [4.69, 9.17) is 0 Å². The second-order valence-corrected chi connectivity index (χ2v) is 17.7. The van der Waals surface area contributed by atoms with Gasteiger partial charge in [-0.25, -0.2) is 0 Å². The normalized spacial score (nSPS) is 17.6. The molecule has 11 nitrogen and oxygen atoms in total. The van der Waals surface area contributed by atoms with Crippen LogP contribution in [0.5, 0.6) is 0 Å². The maximum Gasteiger partial charge on any atom is 0.0328 e. The summed E-state index contributed by atoms with van der Waals surface area (Å²) in [5.74, 6) is 0. The quantitative estimate of drug-likeness (QED) is 0.0907. The van der Waals surface area contributed by atoms with Crippen LogP contribution in [0.2, 0.25) is 0 Å². The van der Waals surface area contributed by atoms with E-state index >= 15 is 0 Å². The summed E-state index contributed by atoms with van der Waals surface area (Å²) in [7, 11) is 0.